The number of aromatic nitrogens is 2. The molecule has 7 nitrogen and oxygen atoms in total. The van der Waals surface area contributed by atoms with E-state index in [0.717, 1.165) is 5.56 Å². The fraction of sp³-hybridized carbons (Fsp3) is 0.120. The van der Waals surface area contributed by atoms with Crippen LogP contribution in [0.15, 0.2) is 85.6 Å². The summed E-state index contributed by atoms with van der Waals surface area (Å²) < 4.78 is 12.9. The van der Waals surface area contributed by atoms with Crippen LogP contribution in [0.25, 0.3) is 22.3 Å². The van der Waals surface area contributed by atoms with E-state index in [1.165, 1.54) is 11.8 Å². The molecule has 172 valence electrons. The van der Waals surface area contributed by atoms with Gasteiger partial charge in [-0.1, -0.05) is 42.5 Å². The van der Waals surface area contributed by atoms with Crippen molar-refractivity contribution in [2.45, 2.75) is 13.0 Å². The number of hydrogen-bond donors (Lipinski definition) is 0. The quantitative estimate of drug-likeness (QED) is 0.223. The number of benzene rings is 3. The van der Waals surface area contributed by atoms with Gasteiger partial charge in [0.2, 0.25) is 0 Å². The van der Waals surface area contributed by atoms with Gasteiger partial charge in [-0.2, -0.15) is 9.78 Å². The van der Waals surface area contributed by atoms with E-state index in [2.05, 4.69) is 37.0 Å². The number of methoxy groups -OCH3 is 1. The molecule has 0 amide bonds. The van der Waals surface area contributed by atoms with Crippen LogP contribution in [-0.2, 0) is 9.53 Å². The average Bonchev–Trinajstić information content (AvgIpc) is 2.85. The minimum absolute atomic E-state index is 0.273. The standard InChI is InChI=1S/C25H19Br2N3O4/c1-15(25(32)33-2)34-22-19(26)12-16(13-20(22)27)14-28-30-23(17-8-4-3-5-9-17)29-21-11-7-6-10-18(21)24(30)31/h3-15H,1-2H3/t15-/m0/s1. The highest BCUT2D eigenvalue weighted by Crippen LogP contribution is 2.35. The molecule has 0 aliphatic heterocycles. The summed E-state index contributed by atoms with van der Waals surface area (Å²) in [6, 6.07) is 20.1. The van der Waals surface area contributed by atoms with Crippen molar-refractivity contribution in [2.24, 2.45) is 5.10 Å². The smallest absolute Gasteiger partial charge is 0.346 e. The zero-order valence-electron chi connectivity index (χ0n) is 18.2. The molecule has 0 aliphatic carbocycles. The SMILES string of the molecule is COC(=O)[C@H](C)Oc1c(Br)cc(C=Nn2c(-c3ccccc3)nc3ccccc3c2=O)cc1Br. The molecule has 4 aromatic rings. The Labute approximate surface area is 212 Å². The van der Waals surface area contributed by atoms with E-state index in [-0.39, 0.29) is 5.56 Å². The second-order valence-corrected chi connectivity index (χ2v) is 8.99. The normalized spacial score (nSPS) is 12.1. The number of halogens is 2. The maximum Gasteiger partial charge on any atom is 0.346 e. The van der Waals surface area contributed by atoms with Crippen LogP contribution in [0.2, 0.25) is 0 Å². The Balaban J connectivity index is 1.76. The zero-order chi connectivity index (χ0) is 24.2. The first kappa shape index (κ1) is 23.8. The number of para-hydroxylation sites is 1. The monoisotopic (exact) mass is 583 g/mol. The van der Waals surface area contributed by atoms with Crippen molar-refractivity contribution in [2.75, 3.05) is 7.11 Å². The van der Waals surface area contributed by atoms with Crippen LogP contribution in [0.4, 0.5) is 0 Å². The Bertz CT molecular complexity index is 1430. The highest BCUT2D eigenvalue weighted by atomic mass is 79.9. The molecule has 4 rings (SSSR count). The third-order valence-electron chi connectivity index (χ3n) is 4.96. The van der Waals surface area contributed by atoms with Crippen LogP contribution in [0, 0.1) is 0 Å². The molecular formula is C25H19Br2N3O4. The molecule has 0 fully saturated rings. The van der Waals surface area contributed by atoms with E-state index >= 15 is 0 Å². The van der Waals surface area contributed by atoms with Gasteiger partial charge < -0.3 is 9.47 Å². The van der Waals surface area contributed by atoms with Gasteiger partial charge in [0.25, 0.3) is 5.56 Å². The number of nitrogens with zero attached hydrogens (tertiary/aromatic N) is 3. The Morgan fingerprint density at radius 3 is 2.38 bits per heavy atom. The Morgan fingerprint density at radius 2 is 1.71 bits per heavy atom. The van der Waals surface area contributed by atoms with Crippen molar-refractivity contribution in [1.82, 2.24) is 9.66 Å². The van der Waals surface area contributed by atoms with Crippen molar-refractivity contribution < 1.29 is 14.3 Å². The van der Waals surface area contributed by atoms with E-state index < -0.39 is 12.1 Å². The summed E-state index contributed by atoms with van der Waals surface area (Å²) in [5.41, 5.74) is 1.79. The number of hydrogen-bond acceptors (Lipinski definition) is 6. The second kappa shape index (κ2) is 10.3. The van der Waals surface area contributed by atoms with E-state index in [1.54, 1.807) is 43.5 Å². The summed E-state index contributed by atoms with van der Waals surface area (Å²) in [6.45, 7) is 1.60. The van der Waals surface area contributed by atoms with E-state index in [0.29, 0.717) is 37.0 Å². The summed E-state index contributed by atoms with van der Waals surface area (Å²) in [4.78, 5) is 29.7. The molecule has 9 heteroatoms. The fourth-order valence-electron chi connectivity index (χ4n) is 3.29. The summed E-state index contributed by atoms with van der Waals surface area (Å²) in [7, 11) is 1.30. The van der Waals surface area contributed by atoms with Crippen LogP contribution in [-0.4, -0.2) is 35.1 Å². The third-order valence-corrected chi connectivity index (χ3v) is 6.13. The number of carbonyl (C=O) groups is 1. The van der Waals surface area contributed by atoms with Gasteiger partial charge in [0.05, 0.1) is 33.2 Å². The first-order valence-electron chi connectivity index (χ1n) is 10.2. The first-order chi connectivity index (χ1) is 16.4. The molecule has 1 atom stereocenters. The maximum atomic E-state index is 13.3. The van der Waals surface area contributed by atoms with Gasteiger partial charge in [0, 0.05) is 5.56 Å². The van der Waals surface area contributed by atoms with Crippen LogP contribution in [0.1, 0.15) is 12.5 Å². The van der Waals surface area contributed by atoms with Crippen LogP contribution in [0.3, 0.4) is 0 Å². The second-order valence-electron chi connectivity index (χ2n) is 7.28. The number of ether oxygens (including phenoxy) is 2. The average molecular weight is 585 g/mol. The van der Waals surface area contributed by atoms with Crippen LogP contribution >= 0.6 is 31.9 Å². The minimum atomic E-state index is -0.784. The summed E-state index contributed by atoms with van der Waals surface area (Å²) in [6.07, 6.45) is 0.778. The van der Waals surface area contributed by atoms with Crippen LogP contribution < -0.4 is 10.3 Å². The number of carbonyl (C=O) groups excluding carboxylic acids is 1. The third kappa shape index (κ3) is 4.95. The van der Waals surface area contributed by atoms with Crippen molar-refractivity contribution in [1.29, 1.82) is 0 Å². The van der Waals surface area contributed by atoms with Gasteiger partial charge in [-0.25, -0.2) is 9.78 Å². The van der Waals surface area contributed by atoms with Crippen LogP contribution in [0.5, 0.6) is 5.75 Å². The predicted molar refractivity (Wildman–Crippen MR) is 138 cm³/mol. The zero-order valence-corrected chi connectivity index (χ0v) is 21.4. The number of rotatable bonds is 6. The lowest BCUT2D eigenvalue weighted by atomic mass is 10.2. The topological polar surface area (TPSA) is 82.8 Å². The molecule has 0 spiro atoms. The molecule has 3 aromatic carbocycles. The lowest BCUT2D eigenvalue weighted by Gasteiger charge is -2.15. The van der Waals surface area contributed by atoms with Gasteiger partial charge in [-0.05, 0) is 68.6 Å². The number of fused-ring (bicyclic) bond motifs is 1. The largest absolute Gasteiger partial charge is 0.477 e. The van der Waals surface area contributed by atoms with Crippen molar-refractivity contribution in [3.63, 3.8) is 0 Å². The van der Waals surface area contributed by atoms with E-state index in [1.807, 2.05) is 36.4 Å². The first-order valence-corrected chi connectivity index (χ1v) is 11.8. The number of esters is 1. The summed E-state index contributed by atoms with van der Waals surface area (Å²) in [5.74, 6) is 0.399. The Hall–Kier alpha value is -3.30. The Morgan fingerprint density at radius 1 is 1.06 bits per heavy atom. The predicted octanol–water partition coefficient (Wildman–Crippen LogP) is 5.41. The summed E-state index contributed by atoms with van der Waals surface area (Å²) in [5, 5.41) is 4.95. The molecule has 1 heterocycles. The maximum absolute atomic E-state index is 13.3. The van der Waals surface area contributed by atoms with Crippen molar-refractivity contribution >= 4 is 54.9 Å². The lowest BCUT2D eigenvalue weighted by molar-refractivity contribution is -0.147. The molecule has 0 bridgehead atoms. The Kier molecular flexibility index (Phi) is 7.23. The molecule has 0 saturated heterocycles. The van der Waals surface area contributed by atoms with Crippen molar-refractivity contribution in [3.8, 4) is 17.1 Å². The summed E-state index contributed by atoms with van der Waals surface area (Å²) >= 11 is 6.94. The highest BCUT2D eigenvalue weighted by molar-refractivity contribution is 9.11. The van der Waals surface area contributed by atoms with Gasteiger partial charge in [0.15, 0.2) is 11.9 Å². The van der Waals surface area contributed by atoms with Gasteiger partial charge >= 0.3 is 5.97 Å². The molecule has 0 N–H and O–H groups in total. The van der Waals surface area contributed by atoms with Gasteiger partial charge in [-0.15, -0.1) is 0 Å². The highest BCUT2D eigenvalue weighted by Gasteiger charge is 2.19. The van der Waals surface area contributed by atoms with Gasteiger partial charge in [0.1, 0.15) is 5.75 Å². The molecule has 1 aromatic heterocycles. The molecule has 0 saturated carbocycles. The van der Waals surface area contributed by atoms with E-state index in [4.69, 9.17) is 14.5 Å². The molecule has 0 aliphatic rings. The molecular weight excluding hydrogens is 566 g/mol. The van der Waals surface area contributed by atoms with E-state index in [9.17, 15) is 9.59 Å². The van der Waals surface area contributed by atoms with Crippen molar-refractivity contribution in [3.05, 3.63) is 91.6 Å². The van der Waals surface area contributed by atoms with Gasteiger partial charge in [-0.3, -0.25) is 4.79 Å². The minimum Gasteiger partial charge on any atom is -0.477 e. The molecule has 0 unspecified atom stereocenters. The molecule has 34 heavy (non-hydrogen) atoms. The lowest BCUT2D eigenvalue weighted by Crippen LogP contribution is -2.25. The fourth-order valence-corrected chi connectivity index (χ4v) is 4.70. The molecule has 0 radical (unpaired) electrons.